The van der Waals surface area contributed by atoms with Gasteiger partial charge >= 0.3 is 0 Å². The van der Waals surface area contributed by atoms with Crippen molar-refractivity contribution in [1.29, 1.82) is 0 Å². The lowest BCUT2D eigenvalue weighted by Gasteiger charge is -2.25. The second kappa shape index (κ2) is 6.44. The Morgan fingerprint density at radius 1 is 1.09 bits per heavy atom. The van der Waals surface area contributed by atoms with E-state index in [0.717, 1.165) is 11.3 Å². The molecule has 22 heavy (non-hydrogen) atoms. The van der Waals surface area contributed by atoms with Crippen molar-refractivity contribution in [3.63, 3.8) is 0 Å². The molecular formula is C16H24N4O2. The summed E-state index contributed by atoms with van der Waals surface area (Å²) in [6.07, 6.45) is -0.266. The first-order valence-electron chi connectivity index (χ1n) is 7.41. The lowest BCUT2D eigenvalue weighted by atomic mass is 10.1. The van der Waals surface area contributed by atoms with Gasteiger partial charge in [-0.05, 0) is 62.7 Å². The molecule has 1 atom stereocenters. The van der Waals surface area contributed by atoms with Crippen LogP contribution in [0, 0.1) is 0 Å². The molecule has 120 valence electrons. The fraction of sp³-hybridized carbons (Fsp3) is 0.562. The molecule has 0 bridgehead atoms. The van der Waals surface area contributed by atoms with Crippen molar-refractivity contribution in [1.82, 2.24) is 20.2 Å². The average molecular weight is 304 g/mol. The third-order valence-corrected chi connectivity index (χ3v) is 3.19. The summed E-state index contributed by atoms with van der Waals surface area (Å²) in [4.78, 5) is 0. The zero-order valence-corrected chi connectivity index (χ0v) is 14.1. The van der Waals surface area contributed by atoms with Crippen LogP contribution in [0.25, 0.3) is 0 Å². The van der Waals surface area contributed by atoms with Gasteiger partial charge in [0.2, 0.25) is 0 Å². The fourth-order valence-electron chi connectivity index (χ4n) is 2.17. The Balaban J connectivity index is 2.44. The minimum Gasteiger partial charge on any atom is -0.497 e. The third-order valence-electron chi connectivity index (χ3n) is 3.19. The Morgan fingerprint density at radius 3 is 2.23 bits per heavy atom. The van der Waals surface area contributed by atoms with Crippen LogP contribution in [0.1, 0.15) is 52.1 Å². The zero-order valence-electron chi connectivity index (χ0n) is 14.1. The maximum absolute atomic E-state index is 6.09. The molecular weight excluding hydrogens is 280 g/mol. The summed E-state index contributed by atoms with van der Waals surface area (Å²) in [7, 11) is 1.65. The van der Waals surface area contributed by atoms with Gasteiger partial charge in [0.05, 0.1) is 18.8 Å². The van der Waals surface area contributed by atoms with Crippen LogP contribution >= 0.6 is 0 Å². The maximum Gasteiger partial charge on any atom is 0.185 e. The van der Waals surface area contributed by atoms with Gasteiger partial charge in [-0.15, -0.1) is 5.10 Å². The Bertz CT molecular complexity index is 599. The molecule has 0 aliphatic heterocycles. The molecule has 0 spiro atoms. The topological polar surface area (TPSA) is 62.1 Å². The summed E-state index contributed by atoms with van der Waals surface area (Å²) in [6, 6.07) is 7.79. The van der Waals surface area contributed by atoms with Crippen molar-refractivity contribution in [3.05, 3.63) is 35.7 Å². The summed E-state index contributed by atoms with van der Waals surface area (Å²) in [5.41, 5.74) is 0.777. The van der Waals surface area contributed by atoms with E-state index in [1.54, 1.807) is 7.11 Å². The van der Waals surface area contributed by atoms with E-state index in [2.05, 4.69) is 36.3 Å². The molecule has 2 rings (SSSR count). The summed E-state index contributed by atoms with van der Waals surface area (Å²) in [5, 5.41) is 12.2. The van der Waals surface area contributed by atoms with Gasteiger partial charge in [-0.3, -0.25) is 0 Å². The number of tetrazole rings is 1. The van der Waals surface area contributed by atoms with Crippen molar-refractivity contribution >= 4 is 0 Å². The fourth-order valence-corrected chi connectivity index (χ4v) is 2.17. The van der Waals surface area contributed by atoms with Gasteiger partial charge < -0.3 is 9.47 Å². The summed E-state index contributed by atoms with van der Waals surface area (Å²) >= 11 is 0. The first-order chi connectivity index (χ1) is 10.3. The SMILES string of the molecule is COc1ccc(C(OC(C)C)c2nnnn2C(C)(C)C)cc1. The Morgan fingerprint density at radius 2 is 1.73 bits per heavy atom. The number of hydrogen-bond acceptors (Lipinski definition) is 5. The van der Waals surface area contributed by atoms with Crippen molar-refractivity contribution in [2.75, 3.05) is 7.11 Å². The predicted octanol–water partition coefficient (Wildman–Crippen LogP) is 2.95. The second-order valence-electron chi connectivity index (χ2n) is 6.46. The smallest absolute Gasteiger partial charge is 0.185 e. The molecule has 1 heterocycles. The van der Waals surface area contributed by atoms with Gasteiger partial charge in [0.15, 0.2) is 5.82 Å². The third kappa shape index (κ3) is 3.62. The molecule has 0 fully saturated rings. The van der Waals surface area contributed by atoms with E-state index < -0.39 is 0 Å². The first kappa shape index (κ1) is 16.4. The maximum atomic E-state index is 6.09. The van der Waals surface area contributed by atoms with E-state index in [-0.39, 0.29) is 17.7 Å². The van der Waals surface area contributed by atoms with Gasteiger partial charge in [0.1, 0.15) is 11.9 Å². The largest absolute Gasteiger partial charge is 0.497 e. The van der Waals surface area contributed by atoms with Gasteiger partial charge in [0.25, 0.3) is 0 Å². The molecule has 0 radical (unpaired) electrons. The molecule has 1 aromatic carbocycles. The highest BCUT2D eigenvalue weighted by Crippen LogP contribution is 2.29. The minimum absolute atomic E-state index is 0.0530. The number of rotatable bonds is 5. The van der Waals surface area contributed by atoms with E-state index in [1.807, 2.05) is 42.8 Å². The van der Waals surface area contributed by atoms with Crippen LogP contribution in [0.3, 0.4) is 0 Å². The number of benzene rings is 1. The molecule has 6 heteroatoms. The molecule has 0 aliphatic carbocycles. The van der Waals surface area contributed by atoms with Gasteiger partial charge in [0, 0.05) is 0 Å². The number of hydrogen-bond donors (Lipinski definition) is 0. The molecule has 0 saturated carbocycles. The van der Waals surface area contributed by atoms with Crippen LogP contribution in [0.2, 0.25) is 0 Å². The van der Waals surface area contributed by atoms with Crippen molar-refractivity contribution in [2.45, 2.75) is 52.4 Å². The number of nitrogens with zero attached hydrogens (tertiary/aromatic N) is 4. The van der Waals surface area contributed by atoms with E-state index in [1.165, 1.54) is 0 Å². The van der Waals surface area contributed by atoms with Crippen LogP contribution in [0.5, 0.6) is 5.75 Å². The van der Waals surface area contributed by atoms with Crippen LogP contribution in [-0.2, 0) is 10.3 Å². The average Bonchev–Trinajstić information content (AvgIpc) is 2.94. The van der Waals surface area contributed by atoms with Crippen LogP contribution in [0.4, 0.5) is 0 Å². The lowest BCUT2D eigenvalue weighted by molar-refractivity contribution is 0.0206. The molecule has 0 aliphatic rings. The van der Waals surface area contributed by atoms with Crippen molar-refractivity contribution in [2.24, 2.45) is 0 Å². The van der Waals surface area contributed by atoms with Gasteiger partial charge in [-0.2, -0.15) is 0 Å². The van der Waals surface area contributed by atoms with E-state index >= 15 is 0 Å². The highest BCUT2D eigenvalue weighted by molar-refractivity contribution is 5.31. The molecule has 0 N–H and O–H groups in total. The normalized spacial score (nSPS) is 13.4. The summed E-state index contributed by atoms with van der Waals surface area (Å²) < 4.78 is 13.1. The monoisotopic (exact) mass is 304 g/mol. The van der Waals surface area contributed by atoms with E-state index in [9.17, 15) is 0 Å². The molecule has 1 aromatic heterocycles. The molecule has 6 nitrogen and oxygen atoms in total. The lowest BCUT2D eigenvalue weighted by Crippen LogP contribution is -2.28. The number of methoxy groups -OCH3 is 1. The molecule has 0 saturated heterocycles. The summed E-state index contributed by atoms with van der Waals surface area (Å²) in [5.74, 6) is 1.51. The van der Waals surface area contributed by atoms with Gasteiger partial charge in [-0.1, -0.05) is 12.1 Å². The standard InChI is InChI=1S/C16H24N4O2/c1-11(2)22-14(12-7-9-13(21-6)10-8-12)15-17-18-19-20(15)16(3,4)5/h7-11,14H,1-6H3. The van der Waals surface area contributed by atoms with Crippen molar-refractivity contribution < 1.29 is 9.47 Å². The molecule has 0 amide bonds. The number of aromatic nitrogens is 4. The Labute approximate surface area is 131 Å². The molecule has 2 aromatic rings. The Kier molecular flexibility index (Phi) is 4.81. The van der Waals surface area contributed by atoms with E-state index in [0.29, 0.717) is 5.82 Å². The predicted molar refractivity (Wildman–Crippen MR) is 83.9 cm³/mol. The van der Waals surface area contributed by atoms with Crippen molar-refractivity contribution in [3.8, 4) is 5.75 Å². The Hall–Kier alpha value is -1.95. The second-order valence-corrected chi connectivity index (χ2v) is 6.46. The van der Waals surface area contributed by atoms with Crippen LogP contribution in [-0.4, -0.2) is 33.4 Å². The highest BCUT2D eigenvalue weighted by atomic mass is 16.5. The van der Waals surface area contributed by atoms with Crippen LogP contribution < -0.4 is 4.74 Å². The number of ether oxygens (including phenoxy) is 2. The highest BCUT2D eigenvalue weighted by Gasteiger charge is 2.28. The molecule has 1 unspecified atom stereocenters. The minimum atomic E-state index is -0.319. The van der Waals surface area contributed by atoms with Crippen LogP contribution in [0.15, 0.2) is 24.3 Å². The first-order valence-corrected chi connectivity index (χ1v) is 7.41. The quantitative estimate of drug-likeness (QED) is 0.850. The zero-order chi connectivity index (χ0) is 16.3. The van der Waals surface area contributed by atoms with E-state index in [4.69, 9.17) is 9.47 Å². The van der Waals surface area contributed by atoms with Gasteiger partial charge in [-0.25, -0.2) is 4.68 Å². The summed E-state index contributed by atoms with van der Waals surface area (Å²) in [6.45, 7) is 10.2.